The van der Waals surface area contributed by atoms with Crippen molar-refractivity contribution in [3.63, 3.8) is 0 Å². The number of nitrogens with one attached hydrogen (secondary N) is 1. The third-order valence-electron chi connectivity index (χ3n) is 3.81. The highest BCUT2D eigenvalue weighted by molar-refractivity contribution is 5.90. The molecule has 0 aliphatic carbocycles. The number of aromatic nitrogens is 3. The molecule has 26 heavy (non-hydrogen) atoms. The van der Waals surface area contributed by atoms with Crippen molar-refractivity contribution >= 4 is 23.2 Å². The van der Waals surface area contributed by atoms with Gasteiger partial charge in [0.25, 0.3) is 0 Å². The van der Waals surface area contributed by atoms with Gasteiger partial charge < -0.3 is 9.88 Å². The monoisotopic (exact) mass is 343 g/mol. The zero-order valence-corrected chi connectivity index (χ0v) is 14.5. The molecule has 0 radical (unpaired) electrons. The molecule has 1 aromatic heterocycles. The van der Waals surface area contributed by atoms with Gasteiger partial charge in [0.1, 0.15) is 6.07 Å². The van der Waals surface area contributed by atoms with Gasteiger partial charge in [0.2, 0.25) is 5.91 Å². The molecular formula is C20H17N5O. The van der Waals surface area contributed by atoms with Crippen LogP contribution in [0.2, 0.25) is 0 Å². The standard InChI is InChI=1S/C20H17N5O/c1-14(26)22-18-10-8-15(9-11-18)12-17(13-21)20-24-23-19(25(20)2)16-6-4-3-5-7-16/h3-12H,1-2H3,(H,22,26)/b17-12-. The largest absolute Gasteiger partial charge is 0.326 e. The zero-order valence-electron chi connectivity index (χ0n) is 14.5. The van der Waals surface area contributed by atoms with Crippen molar-refractivity contribution in [2.45, 2.75) is 6.92 Å². The Labute approximate surface area is 151 Å². The second-order valence-corrected chi connectivity index (χ2v) is 5.75. The van der Waals surface area contributed by atoms with Crippen LogP contribution in [0.15, 0.2) is 54.6 Å². The van der Waals surface area contributed by atoms with E-state index >= 15 is 0 Å². The summed E-state index contributed by atoms with van der Waals surface area (Å²) in [4.78, 5) is 11.1. The number of anilines is 1. The average Bonchev–Trinajstić information content (AvgIpc) is 3.03. The maximum Gasteiger partial charge on any atom is 0.221 e. The van der Waals surface area contributed by atoms with Crippen LogP contribution in [-0.4, -0.2) is 20.7 Å². The van der Waals surface area contributed by atoms with Gasteiger partial charge in [-0.1, -0.05) is 42.5 Å². The smallest absolute Gasteiger partial charge is 0.221 e. The van der Waals surface area contributed by atoms with Crippen LogP contribution in [-0.2, 0) is 11.8 Å². The number of hydrogen-bond donors (Lipinski definition) is 1. The van der Waals surface area contributed by atoms with Crippen LogP contribution < -0.4 is 5.32 Å². The van der Waals surface area contributed by atoms with E-state index in [1.807, 2.05) is 49.5 Å². The van der Waals surface area contributed by atoms with E-state index in [4.69, 9.17) is 0 Å². The lowest BCUT2D eigenvalue weighted by molar-refractivity contribution is -0.114. The van der Waals surface area contributed by atoms with Gasteiger partial charge >= 0.3 is 0 Å². The molecular weight excluding hydrogens is 326 g/mol. The lowest BCUT2D eigenvalue weighted by Gasteiger charge is -2.04. The van der Waals surface area contributed by atoms with E-state index in [1.165, 1.54) is 6.92 Å². The molecule has 0 saturated heterocycles. The third-order valence-corrected chi connectivity index (χ3v) is 3.81. The van der Waals surface area contributed by atoms with E-state index in [9.17, 15) is 10.1 Å². The minimum atomic E-state index is -0.126. The Morgan fingerprint density at radius 3 is 2.42 bits per heavy atom. The number of hydrogen-bond acceptors (Lipinski definition) is 4. The fourth-order valence-corrected chi connectivity index (χ4v) is 2.58. The van der Waals surface area contributed by atoms with Crippen LogP contribution in [0.3, 0.4) is 0 Å². The van der Waals surface area contributed by atoms with Crippen molar-refractivity contribution < 1.29 is 4.79 Å². The SMILES string of the molecule is CC(=O)Nc1ccc(/C=C(/C#N)c2nnc(-c3ccccc3)n2C)cc1. The molecule has 0 saturated carbocycles. The molecule has 3 aromatic rings. The molecule has 0 unspecified atom stereocenters. The number of amides is 1. The van der Waals surface area contributed by atoms with Gasteiger partial charge in [-0.3, -0.25) is 4.79 Å². The van der Waals surface area contributed by atoms with Gasteiger partial charge in [0.15, 0.2) is 11.6 Å². The maximum atomic E-state index is 11.1. The fraction of sp³-hybridized carbons (Fsp3) is 0.100. The van der Waals surface area contributed by atoms with Crippen molar-refractivity contribution in [1.82, 2.24) is 14.8 Å². The molecule has 0 spiro atoms. The molecule has 128 valence electrons. The molecule has 0 fully saturated rings. The number of carbonyl (C=O) groups excluding carboxylic acids is 1. The predicted octanol–water partition coefficient (Wildman–Crippen LogP) is 3.50. The van der Waals surface area contributed by atoms with Crippen LogP contribution in [0.4, 0.5) is 5.69 Å². The molecule has 3 rings (SSSR count). The molecule has 0 aliphatic rings. The minimum Gasteiger partial charge on any atom is -0.326 e. The number of carbonyl (C=O) groups is 1. The summed E-state index contributed by atoms with van der Waals surface area (Å²) in [6.07, 6.45) is 1.75. The van der Waals surface area contributed by atoms with E-state index in [2.05, 4.69) is 21.6 Å². The predicted molar refractivity (Wildman–Crippen MR) is 101 cm³/mol. The van der Waals surface area contributed by atoms with Crippen molar-refractivity contribution in [2.24, 2.45) is 7.05 Å². The quantitative estimate of drug-likeness (QED) is 0.735. The number of allylic oxidation sites excluding steroid dienone is 1. The normalized spacial score (nSPS) is 11.0. The summed E-state index contributed by atoms with van der Waals surface area (Å²) in [7, 11) is 1.84. The van der Waals surface area contributed by atoms with Crippen LogP contribution in [0, 0.1) is 11.3 Å². The first-order valence-electron chi connectivity index (χ1n) is 8.03. The lowest BCUT2D eigenvalue weighted by atomic mass is 10.1. The summed E-state index contributed by atoms with van der Waals surface area (Å²) in [6, 6.07) is 19.1. The number of rotatable bonds is 4. The Hall–Kier alpha value is -3.72. The van der Waals surface area contributed by atoms with Gasteiger partial charge in [-0.25, -0.2) is 0 Å². The highest BCUT2D eigenvalue weighted by Gasteiger charge is 2.14. The highest BCUT2D eigenvalue weighted by atomic mass is 16.1. The number of benzene rings is 2. The first kappa shape index (κ1) is 17.1. The summed E-state index contributed by atoms with van der Waals surface area (Å²) in [5.74, 6) is 1.07. The van der Waals surface area contributed by atoms with E-state index in [-0.39, 0.29) is 5.91 Å². The van der Waals surface area contributed by atoms with Gasteiger partial charge in [0, 0.05) is 25.2 Å². The molecule has 1 amide bonds. The Balaban J connectivity index is 1.92. The molecule has 0 aliphatic heterocycles. The number of nitrogens with zero attached hydrogens (tertiary/aromatic N) is 4. The summed E-state index contributed by atoms with van der Waals surface area (Å²) >= 11 is 0. The molecule has 2 aromatic carbocycles. The molecule has 6 nitrogen and oxygen atoms in total. The summed E-state index contributed by atoms with van der Waals surface area (Å²) in [6.45, 7) is 1.46. The van der Waals surface area contributed by atoms with Crippen LogP contribution >= 0.6 is 0 Å². The van der Waals surface area contributed by atoms with Crippen molar-refractivity contribution in [2.75, 3.05) is 5.32 Å². The summed E-state index contributed by atoms with van der Waals surface area (Å²) in [5, 5.41) is 20.7. The van der Waals surface area contributed by atoms with Gasteiger partial charge in [-0.05, 0) is 23.8 Å². The minimum absolute atomic E-state index is 0.126. The molecule has 0 atom stereocenters. The Bertz CT molecular complexity index is 995. The molecule has 1 N–H and O–H groups in total. The fourth-order valence-electron chi connectivity index (χ4n) is 2.58. The van der Waals surface area contributed by atoms with Crippen LogP contribution in [0.5, 0.6) is 0 Å². The molecule has 0 bridgehead atoms. The van der Waals surface area contributed by atoms with E-state index in [0.717, 1.165) is 11.1 Å². The number of nitriles is 1. The maximum absolute atomic E-state index is 11.1. The van der Waals surface area contributed by atoms with Crippen LogP contribution in [0.25, 0.3) is 23.0 Å². The first-order chi connectivity index (χ1) is 12.6. The van der Waals surface area contributed by atoms with Gasteiger partial charge in [-0.15, -0.1) is 10.2 Å². The Morgan fingerprint density at radius 1 is 1.12 bits per heavy atom. The van der Waals surface area contributed by atoms with E-state index < -0.39 is 0 Å². The van der Waals surface area contributed by atoms with E-state index in [0.29, 0.717) is 22.9 Å². The average molecular weight is 343 g/mol. The van der Waals surface area contributed by atoms with Crippen LogP contribution in [0.1, 0.15) is 18.3 Å². The highest BCUT2D eigenvalue weighted by Crippen LogP contribution is 2.22. The Kier molecular flexibility index (Phi) is 4.90. The van der Waals surface area contributed by atoms with Gasteiger partial charge in [0.05, 0.1) is 5.57 Å². The summed E-state index contributed by atoms with van der Waals surface area (Å²) in [5.41, 5.74) is 2.89. The van der Waals surface area contributed by atoms with Crippen molar-refractivity contribution in [1.29, 1.82) is 5.26 Å². The van der Waals surface area contributed by atoms with Crippen molar-refractivity contribution in [3.05, 3.63) is 66.0 Å². The topological polar surface area (TPSA) is 83.6 Å². The van der Waals surface area contributed by atoms with Gasteiger partial charge in [-0.2, -0.15) is 5.26 Å². The lowest BCUT2D eigenvalue weighted by Crippen LogP contribution is -2.05. The second-order valence-electron chi connectivity index (χ2n) is 5.75. The molecule has 6 heteroatoms. The van der Waals surface area contributed by atoms with E-state index in [1.54, 1.807) is 22.8 Å². The molecule has 1 heterocycles. The third kappa shape index (κ3) is 3.68. The first-order valence-corrected chi connectivity index (χ1v) is 8.03. The zero-order chi connectivity index (χ0) is 18.5. The summed E-state index contributed by atoms with van der Waals surface area (Å²) < 4.78 is 1.80. The second kappa shape index (κ2) is 7.45. The Morgan fingerprint density at radius 2 is 1.81 bits per heavy atom. The van der Waals surface area contributed by atoms with Crippen molar-refractivity contribution in [3.8, 4) is 17.5 Å².